The lowest BCUT2D eigenvalue weighted by Crippen LogP contribution is -1.97. The van der Waals surface area contributed by atoms with Crippen molar-refractivity contribution < 1.29 is 9.90 Å². The molecule has 1 N–H and O–H groups in total. The van der Waals surface area contributed by atoms with Crippen molar-refractivity contribution in [1.29, 1.82) is 0 Å². The van der Waals surface area contributed by atoms with E-state index < -0.39 is 5.97 Å². The van der Waals surface area contributed by atoms with E-state index in [4.69, 9.17) is 5.11 Å². The van der Waals surface area contributed by atoms with Crippen LogP contribution in [0.5, 0.6) is 0 Å². The molecule has 2 aromatic carbocycles. The standard InChI is InChI=1S/C16H13NO2/c1-17-14(11-5-3-2-4-6-11)9-12-7-8-13(16(18)19)10-15(12)17/h2-10H,1H3,(H,18,19). The molecule has 3 aromatic rings. The van der Waals surface area contributed by atoms with Crippen LogP contribution in [0.15, 0.2) is 54.6 Å². The molecule has 0 saturated carbocycles. The predicted molar refractivity (Wildman–Crippen MR) is 75.3 cm³/mol. The van der Waals surface area contributed by atoms with Crippen LogP contribution in [0.4, 0.5) is 0 Å². The van der Waals surface area contributed by atoms with E-state index in [0.29, 0.717) is 5.56 Å². The molecule has 3 nitrogen and oxygen atoms in total. The van der Waals surface area contributed by atoms with E-state index in [2.05, 4.69) is 6.07 Å². The van der Waals surface area contributed by atoms with Crippen molar-refractivity contribution in [3.05, 3.63) is 60.2 Å². The summed E-state index contributed by atoms with van der Waals surface area (Å²) >= 11 is 0. The maximum absolute atomic E-state index is 11.0. The molecule has 0 atom stereocenters. The topological polar surface area (TPSA) is 42.2 Å². The molecule has 3 heteroatoms. The minimum atomic E-state index is -0.899. The van der Waals surface area contributed by atoms with E-state index in [-0.39, 0.29) is 0 Å². The second-order valence-electron chi connectivity index (χ2n) is 4.53. The number of nitrogens with zero attached hydrogens (tertiary/aromatic N) is 1. The Morgan fingerprint density at radius 1 is 1.05 bits per heavy atom. The Morgan fingerprint density at radius 2 is 1.79 bits per heavy atom. The fourth-order valence-electron chi connectivity index (χ4n) is 2.35. The van der Waals surface area contributed by atoms with Crippen LogP contribution in [0.3, 0.4) is 0 Å². The van der Waals surface area contributed by atoms with Crippen LogP contribution in [0.25, 0.3) is 22.2 Å². The van der Waals surface area contributed by atoms with Crippen LogP contribution < -0.4 is 0 Å². The minimum absolute atomic E-state index is 0.313. The highest BCUT2D eigenvalue weighted by Gasteiger charge is 2.10. The third-order valence-electron chi connectivity index (χ3n) is 3.36. The highest BCUT2D eigenvalue weighted by Crippen LogP contribution is 2.27. The molecule has 19 heavy (non-hydrogen) atoms. The van der Waals surface area contributed by atoms with Gasteiger partial charge < -0.3 is 9.67 Å². The first-order valence-corrected chi connectivity index (χ1v) is 6.05. The van der Waals surface area contributed by atoms with Gasteiger partial charge in [0.25, 0.3) is 0 Å². The molecule has 1 aromatic heterocycles. The number of carboxylic acids is 1. The Labute approximate surface area is 110 Å². The van der Waals surface area contributed by atoms with Gasteiger partial charge in [0.05, 0.1) is 5.56 Å². The maximum Gasteiger partial charge on any atom is 0.335 e. The van der Waals surface area contributed by atoms with Gasteiger partial charge in [-0.2, -0.15) is 0 Å². The molecule has 3 rings (SSSR count). The van der Waals surface area contributed by atoms with Crippen LogP contribution in [0.2, 0.25) is 0 Å². The van der Waals surface area contributed by atoms with Gasteiger partial charge >= 0.3 is 5.97 Å². The summed E-state index contributed by atoms with van der Waals surface area (Å²) in [6, 6.07) is 17.4. The third kappa shape index (κ3) is 1.89. The molecular formula is C16H13NO2. The van der Waals surface area contributed by atoms with E-state index in [9.17, 15) is 4.79 Å². The molecule has 0 unspecified atom stereocenters. The molecule has 0 aliphatic carbocycles. The van der Waals surface area contributed by atoms with Crippen molar-refractivity contribution in [3.8, 4) is 11.3 Å². The number of aromatic carboxylic acids is 1. The van der Waals surface area contributed by atoms with Crippen molar-refractivity contribution in [2.45, 2.75) is 0 Å². The zero-order valence-electron chi connectivity index (χ0n) is 10.5. The number of carbonyl (C=O) groups is 1. The van der Waals surface area contributed by atoms with Crippen LogP contribution in [0.1, 0.15) is 10.4 Å². The van der Waals surface area contributed by atoms with Gasteiger partial charge in [0, 0.05) is 23.6 Å². The maximum atomic E-state index is 11.0. The van der Waals surface area contributed by atoms with E-state index in [1.807, 2.05) is 48.0 Å². The van der Waals surface area contributed by atoms with Crippen molar-refractivity contribution in [2.24, 2.45) is 7.05 Å². The Bertz CT molecular complexity index is 757. The zero-order valence-corrected chi connectivity index (χ0v) is 10.5. The summed E-state index contributed by atoms with van der Waals surface area (Å²) in [6.45, 7) is 0. The second-order valence-corrected chi connectivity index (χ2v) is 4.53. The van der Waals surface area contributed by atoms with E-state index >= 15 is 0 Å². The first-order valence-electron chi connectivity index (χ1n) is 6.05. The monoisotopic (exact) mass is 251 g/mol. The van der Waals surface area contributed by atoms with Crippen molar-refractivity contribution >= 4 is 16.9 Å². The SMILES string of the molecule is Cn1c(-c2ccccc2)cc2ccc(C(=O)O)cc21. The first-order chi connectivity index (χ1) is 9.16. The van der Waals surface area contributed by atoms with Gasteiger partial charge in [0.15, 0.2) is 0 Å². The number of fused-ring (bicyclic) bond motifs is 1. The molecule has 0 aliphatic heterocycles. The fraction of sp³-hybridized carbons (Fsp3) is 0.0625. The summed E-state index contributed by atoms with van der Waals surface area (Å²) in [5.41, 5.74) is 3.45. The third-order valence-corrected chi connectivity index (χ3v) is 3.36. The van der Waals surface area contributed by atoms with Gasteiger partial charge in [-0.1, -0.05) is 36.4 Å². The molecule has 1 heterocycles. The number of carboxylic acid groups (broad SMARTS) is 1. The number of aromatic nitrogens is 1. The highest BCUT2D eigenvalue weighted by molar-refractivity contribution is 5.95. The summed E-state index contributed by atoms with van der Waals surface area (Å²) < 4.78 is 2.02. The van der Waals surface area contributed by atoms with Crippen LogP contribution in [-0.2, 0) is 7.05 Å². The lowest BCUT2D eigenvalue weighted by Gasteiger charge is -2.04. The van der Waals surface area contributed by atoms with E-state index in [1.165, 1.54) is 0 Å². The average molecular weight is 251 g/mol. The Morgan fingerprint density at radius 3 is 2.47 bits per heavy atom. The molecule has 0 amide bonds. The summed E-state index contributed by atoms with van der Waals surface area (Å²) in [7, 11) is 1.95. The largest absolute Gasteiger partial charge is 0.478 e. The van der Waals surface area contributed by atoms with Crippen molar-refractivity contribution in [2.75, 3.05) is 0 Å². The summed E-state index contributed by atoms with van der Waals surface area (Å²) in [4.78, 5) is 11.0. The normalized spacial score (nSPS) is 10.8. The summed E-state index contributed by atoms with van der Waals surface area (Å²) in [5.74, 6) is -0.899. The zero-order chi connectivity index (χ0) is 13.4. The summed E-state index contributed by atoms with van der Waals surface area (Å²) in [6.07, 6.45) is 0. The molecule has 0 aliphatic rings. The predicted octanol–water partition coefficient (Wildman–Crippen LogP) is 3.54. The van der Waals surface area contributed by atoms with Crippen LogP contribution in [-0.4, -0.2) is 15.6 Å². The van der Waals surface area contributed by atoms with E-state index in [1.54, 1.807) is 12.1 Å². The molecular weight excluding hydrogens is 238 g/mol. The summed E-state index contributed by atoms with van der Waals surface area (Å²) in [5, 5.41) is 10.1. The molecule has 0 saturated heterocycles. The minimum Gasteiger partial charge on any atom is -0.478 e. The first kappa shape index (κ1) is 11.5. The fourth-order valence-corrected chi connectivity index (χ4v) is 2.35. The van der Waals surface area contributed by atoms with Crippen molar-refractivity contribution in [1.82, 2.24) is 4.57 Å². The van der Waals surface area contributed by atoms with Crippen molar-refractivity contribution in [3.63, 3.8) is 0 Å². The second kappa shape index (κ2) is 4.28. The average Bonchev–Trinajstić information content (AvgIpc) is 2.77. The Hall–Kier alpha value is -2.55. The number of hydrogen-bond donors (Lipinski definition) is 1. The number of benzene rings is 2. The van der Waals surface area contributed by atoms with Gasteiger partial charge in [-0.3, -0.25) is 0 Å². The number of rotatable bonds is 2. The molecule has 0 spiro atoms. The lowest BCUT2D eigenvalue weighted by atomic mass is 10.1. The smallest absolute Gasteiger partial charge is 0.335 e. The van der Waals surface area contributed by atoms with Crippen LogP contribution in [0, 0.1) is 0 Å². The van der Waals surface area contributed by atoms with Gasteiger partial charge in [-0.25, -0.2) is 4.79 Å². The number of hydrogen-bond acceptors (Lipinski definition) is 1. The Kier molecular flexibility index (Phi) is 2.60. The quantitative estimate of drug-likeness (QED) is 0.756. The lowest BCUT2D eigenvalue weighted by molar-refractivity contribution is 0.0697. The van der Waals surface area contributed by atoms with Gasteiger partial charge in [-0.05, 0) is 23.8 Å². The Balaban J connectivity index is 2.24. The molecule has 0 fully saturated rings. The van der Waals surface area contributed by atoms with E-state index in [0.717, 1.165) is 22.2 Å². The molecule has 0 bridgehead atoms. The van der Waals surface area contributed by atoms with Gasteiger partial charge in [0.1, 0.15) is 0 Å². The molecule has 94 valence electrons. The molecule has 0 radical (unpaired) electrons. The highest BCUT2D eigenvalue weighted by atomic mass is 16.4. The number of aryl methyl sites for hydroxylation is 1. The van der Waals surface area contributed by atoms with Gasteiger partial charge in [0.2, 0.25) is 0 Å². The van der Waals surface area contributed by atoms with Gasteiger partial charge in [-0.15, -0.1) is 0 Å². The van der Waals surface area contributed by atoms with Crippen LogP contribution >= 0.6 is 0 Å².